The van der Waals surface area contributed by atoms with Gasteiger partial charge in [0.05, 0.1) is 16.6 Å². The molecule has 48 heavy (non-hydrogen) atoms. The maximum atomic E-state index is 6.85. The summed E-state index contributed by atoms with van der Waals surface area (Å²) in [5, 5.41) is 4.38. The van der Waals surface area contributed by atoms with Crippen molar-refractivity contribution in [1.29, 1.82) is 0 Å². The maximum absolute atomic E-state index is 6.85. The number of furan rings is 2. The van der Waals surface area contributed by atoms with Gasteiger partial charge in [0.1, 0.15) is 22.3 Å². The van der Waals surface area contributed by atoms with E-state index in [0.717, 1.165) is 77.2 Å². The number of para-hydroxylation sites is 4. The third kappa shape index (κ3) is 3.48. The van der Waals surface area contributed by atoms with Crippen LogP contribution in [0, 0.1) is 0 Å². The Labute approximate surface area is 279 Å². The molecule has 0 amide bonds. The first kappa shape index (κ1) is 28.0. The Balaban J connectivity index is 1.38. The number of benzene rings is 6. The van der Waals surface area contributed by atoms with Gasteiger partial charge in [0.15, 0.2) is 0 Å². The van der Waals surface area contributed by atoms with Crippen molar-refractivity contribution in [3.05, 3.63) is 150 Å². The van der Waals surface area contributed by atoms with Gasteiger partial charge in [0, 0.05) is 32.7 Å². The Morgan fingerprint density at radius 3 is 1.50 bits per heavy atom. The second-order valence-corrected chi connectivity index (χ2v) is 14.2. The predicted octanol–water partition coefficient (Wildman–Crippen LogP) is 10.1. The van der Waals surface area contributed by atoms with Gasteiger partial charge >= 0.3 is 7.12 Å². The van der Waals surface area contributed by atoms with Crippen molar-refractivity contribution in [3.63, 3.8) is 0 Å². The van der Waals surface area contributed by atoms with Crippen molar-refractivity contribution in [1.82, 2.24) is 0 Å². The SMILES string of the molecule is CC1(C)OB(c2cccc3c2-c2ccccc2C3(c2cccc3c2oc2ccccc23)c2cccc3c2oc2ccccc23)OC1(C)C. The summed E-state index contributed by atoms with van der Waals surface area (Å²) < 4.78 is 27.2. The van der Waals surface area contributed by atoms with E-state index in [4.69, 9.17) is 18.1 Å². The van der Waals surface area contributed by atoms with Gasteiger partial charge in [-0.15, -0.1) is 0 Å². The minimum absolute atomic E-state index is 0.477. The van der Waals surface area contributed by atoms with E-state index in [0.29, 0.717) is 0 Å². The van der Waals surface area contributed by atoms with Crippen molar-refractivity contribution in [2.24, 2.45) is 0 Å². The fraction of sp³-hybridized carbons (Fsp3) is 0.163. The van der Waals surface area contributed by atoms with Crippen LogP contribution in [0.3, 0.4) is 0 Å². The van der Waals surface area contributed by atoms with Crippen LogP contribution in [0.2, 0.25) is 0 Å². The molecule has 3 heterocycles. The molecule has 1 fully saturated rings. The van der Waals surface area contributed by atoms with Crippen LogP contribution in [0.25, 0.3) is 55.0 Å². The second kappa shape index (κ2) is 9.50. The zero-order chi connectivity index (χ0) is 32.4. The minimum Gasteiger partial charge on any atom is -0.456 e. The third-order valence-corrected chi connectivity index (χ3v) is 11.2. The van der Waals surface area contributed by atoms with Gasteiger partial charge in [-0.25, -0.2) is 0 Å². The lowest BCUT2D eigenvalue weighted by Gasteiger charge is -2.33. The van der Waals surface area contributed by atoms with E-state index in [1.165, 1.54) is 5.56 Å². The summed E-state index contributed by atoms with van der Waals surface area (Å²) in [6.45, 7) is 8.44. The van der Waals surface area contributed by atoms with Gasteiger partial charge in [-0.05, 0) is 67.5 Å². The molecule has 6 aromatic carbocycles. The first-order chi connectivity index (χ1) is 23.3. The Morgan fingerprint density at radius 1 is 0.438 bits per heavy atom. The lowest BCUT2D eigenvalue weighted by Crippen LogP contribution is -2.41. The monoisotopic (exact) mass is 624 g/mol. The number of hydrogen-bond donors (Lipinski definition) is 0. The van der Waals surface area contributed by atoms with Crippen molar-refractivity contribution in [3.8, 4) is 11.1 Å². The Morgan fingerprint density at radius 2 is 0.896 bits per heavy atom. The van der Waals surface area contributed by atoms with Crippen molar-refractivity contribution in [2.75, 3.05) is 0 Å². The molecule has 0 bridgehead atoms. The van der Waals surface area contributed by atoms with Crippen molar-refractivity contribution in [2.45, 2.75) is 44.3 Å². The van der Waals surface area contributed by atoms with Crippen LogP contribution >= 0.6 is 0 Å². The highest BCUT2D eigenvalue weighted by molar-refractivity contribution is 6.64. The number of hydrogen-bond acceptors (Lipinski definition) is 4. The first-order valence-corrected chi connectivity index (χ1v) is 16.7. The molecule has 1 aliphatic heterocycles. The van der Waals surface area contributed by atoms with Gasteiger partial charge in [0.25, 0.3) is 0 Å². The highest BCUT2D eigenvalue weighted by Gasteiger charge is 2.55. The van der Waals surface area contributed by atoms with Crippen LogP contribution in [0.1, 0.15) is 49.9 Å². The zero-order valence-electron chi connectivity index (χ0n) is 27.3. The summed E-state index contributed by atoms with van der Waals surface area (Å²) in [5.41, 5.74) is 9.51. The molecule has 0 N–H and O–H groups in total. The molecule has 10 rings (SSSR count). The fourth-order valence-corrected chi connectivity index (χ4v) is 8.33. The van der Waals surface area contributed by atoms with Crippen LogP contribution < -0.4 is 5.46 Å². The second-order valence-electron chi connectivity index (χ2n) is 14.2. The van der Waals surface area contributed by atoms with Crippen LogP contribution in [-0.4, -0.2) is 18.3 Å². The maximum Gasteiger partial charge on any atom is 0.495 e. The van der Waals surface area contributed by atoms with Gasteiger partial charge in [-0.3, -0.25) is 0 Å². The fourth-order valence-electron chi connectivity index (χ4n) is 8.33. The lowest BCUT2D eigenvalue weighted by molar-refractivity contribution is 0.00578. The molecule has 0 spiro atoms. The summed E-state index contributed by atoms with van der Waals surface area (Å²) in [5.74, 6) is 0. The molecule has 8 aromatic rings. The zero-order valence-corrected chi connectivity index (χ0v) is 27.3. The largest absolute Gasteiger partial charge is 0.495 e. The molecule has 4 nitrogen and oxygen atoms in total. The molecule has 0 atom stereocenters. The van der Waals surface area contributed by atoms with Crippen molar-refractivity contribution < 1.29 is 18.1 Å². The summed E-state index contributed by atoms with van der Waals surface area (Å²) in [6.07, 6.45) is 0. The van der Waals surface area contributed by atoms with E-state index < -0.39 is 23.7 Å². The highest BCUT2D eigenvalue weighted by atomic mass is 16.7. The molecule has 1 saturated heterocycles. The van der Waals surface area contributed by atoms with E-state index >= 15 is 0 Å². The summed E-state index contributed by atoms with van der Waals surface area (Å²) in [4.78, 5) is 0. The lowest BCUT2D eigenvalue weighted by atomic mass is 9.66. The first-order valence-electron chi connectivity index (χ1n) is 16.7. The Kier molecular flexibility index (Phi) is 5.54. The normalized spacial score (nSPS) is 17.5. The Bertz CT molecular complexity index is 2470. The molecule has 5 heteroatoms. The van der Waals surface area contributed by atoms with E-state index in [-0.39, 0.29) is 0 Å². The molecule has 232 valence electrons. The average Bonchev–Trinajstić information content (AvgIpc) is 3.81. The van der Waals surface area contributed by atoms with Gasteiger partial charge < -0.3 is 18.1 Å². The standard InChI is InChI=1S/C43H33BO4/c1-41(2)42(3,4)48-44(47-41)35-23-13-20-32-38(35)30-16-5-8-19-31(30)43(32,33-21-11-17-28-26-14-6-9-24-36(26)45-39(28)33)34-22-12-18-29-27-15-7-10-25-37(27)46-40(29)34/h5-25H,1-4H3. The molecule has 2 aromatic heterocycles. The summed E-state index contributed by atoms with van der Waals surface area (Å²) >= 11 is 0. The van der Waals surface area contributed by atoms with Crippen molar-refractivity contribution >= 4 is 56.5 Å². The predicted molar refractivity (Wildman–Crippen MR) is 194 cm³/mol. The van der Waals surface area contributed by atoms with Gasteiger partial charge in [0.2, 0.25) is 0 Å². The highest BCUT2D eigenvalue weighted by Crippen LogP contribution is 2.59. The van der Waals surface area contributed by atoms with E-state index in [2.05, 4.69) is 143 Å². The van der Waals surface area contributed by atoms with Crippen LogP contribution in [0.4, 0.5) is 0 Å². The van der Waals surface area contributed by atoms with Crippen LogP contribution in [-0.2, 0) is 14.7 Å². The van der Waals surface area contributed by atoms with E-state index in [9.17, 15) is 0 Å². The minimum atomic E-state index is -0.785. The van der Waals surface area contributed by atoms with Gasteiger partial charge in [-0.2, -0.15) is 0 Å². The molecular formula is C43H33BO4. The summed E-state index contributed by atoms with van der Waals surface area (Å²) in [7, 11) is -0.530. The number of rotatable bonds is 3. The third-order valence-electron chi connectivity index (χ3n) is 11.2. The van der Waals surface area contributed by atoms with Crippen LogP contribution in [0.15, 0.2) is 136 Å². The van der Waals surface area contributed by atoms with E-state index in [1.54, 1.807) is 0 Å². The Hall–Kier alpha value is -5.10. The van der Waals surface area contributed by atoms with Gasteiger partial charge in [-0.1, -0.05) is 115 Å². The van der Waals surface area contributed by atoms with Crippen LogP contribution in [0.5, 0.6) is 0 Å². The molecular weight excluding hydrogens is 591 g/mol. The molecule has 0 unspecified atom stereocenters. The molecule has 0 saturated carbocycles. The average molecular weight is 625 g/mol. The molecule has 1 aliphatic carbocycles. The molecule has 0 radical (unpaired) electrons. The smallest absolute Gasteiger partial charge is 0.456 e. The quantitative estimate of drug-likeness (QED) is 0.184. The van der Waals surface area contributed by atoms with E-state index in [1.807, 2.05) is 12.1 Å². The molecule has 2 aliphatic rings. The topological polar surface area (TPSA) is 44.7 Å². The summed E-state index contributed by atoms with van der Waals surface area (Å²) in [6, 6.07) is 45.1. The number of fused-ring (bicyclic) bond motifs is 9.